The number of urea groups is 1. The number of rotatable bonds is 5. The number of carbonyl (C=O) groups is 2. The van der Waals surface area contributed by atoms with Crippen LogP contribution >= 0.6 is 11.8 Å². The molecule has 0 radical (unpaired) electrons. The molecule has 2 saturated heterocycles. The van der Waals surface area contributed by atoms with Crippen molar-refractivity contribution >= 4 is 23.8 Å². The molecule has 2 aliphatic heterocycles. The van der Waals surface area contributed by atoms with Crippen molar-refractivity contribution in [3.05, 3.63) is 24.3 Å². The molecule has 132 valence electrons. The molecular weight excluding hydrogens is 332 g/mol. The Morgan fingerprint density at radius 2 is 1.75 bits per heavy atom. The number of carboxylic acids is 1. The second-order valence-corrected chi connectivity index (χ2v) is 7.05. The number of carbonyl (C=O) groups excluding carboxylic acids is 1. The van der Waals surface area contributed by atoms with Crippen molar-refractivity contribution in [2.75, 3.05) is 5.75 Å². The minimum Gasteiger partial charge on any atom is -0.508 e. The van der Waals surface area contributed by atoms with Crippen LogP contribution in [0.4, 0.5) is 4.79 Å². The third-order valence-electron chi connectivity index (χ3n) is 3.92. The van der Waals surface area contributed by atoms with Gasteiger partial charge in [0.05, 0.1) is 12.1 Å². The maximum absolute atomic E-state index is 11.1. The van der Waals surface area contributed by atoms with Crippen LogP contribution in [0.5, 0.6) is 11.5 Å². The lowest BCUT2D eigenvalue weighted by Gasteiger charge is -2.16. The maximum atomic E-state index is 11.1. The Morgan fingerprint density at radius 1 is 1.12 bits per heavy atom. The molecule has 0 bridgehead atoms. The number of aromatic hydroxyl groups is 2. The number of unbranched alkanes of at least 4 members (excludes halogenated alkanes) is 1. The van der Waals surface area contributed by atoms with E-state index >= 15 is 0 Å². The van der Waals surface area contributed by atoms with Crippen molar-refractivity contribution in [3.63, 3.8) is 0 Å². The van der Waals surface area contributed by atoms with Gasteiger partial charge < -0.3 is 26.0 Å². The molecule has 0 saturated carbocycles. The Balaban J connectivity index is 0.000000219. The first-order valence-electron chi connectivity index (χ1n) is 7.84. The van der Waals surface area contributed by atoms with Crippen molar-refractivity contribution in [2.24, 2.45) is 0 Å². The van der Waals surface area contributed by atoms with Gasteiger partial charge in [-0.1, -0.05) is 6.42 Å². The molecule has 0 unspecified atom stereocenters. The van der Waals surface area contributed by atoms with E-state index in [0.717, 1.165) is 25.0 Å². The standard InChI is InChI=1S/C10H16N2O3S.C6H6O2/c13-8(14)4-2-1-3-7-9-6(5-16-7)11-10(15)12-9;7-5-1-2-6(8)4-3-5/h6-7,9H,1-5H2,(H,13,14)(H2,11,12,15);1-4,7-8H/t6-,7-,9-;/m0./s1. The van der Waals surface area contributed by atoms with Gasteiger partial charge in [0.25, 0.3) is 0 Å². The maximum Gasteiger partial charge on any atom is 0.315 e. The van der Waals surface area contributed by atoms with Crippen LogP contribution in [0.15, 0.2) is 24.3 Å². The van der Waals surface area contributed by atoms with E-state index in [9.17, 15) is 9.59 Å². The lowest BCUT2D eigenvalue weighted by Crippen LogP contribution is -2.36. The number of benzene rings is 1. The number of fused-ring (bicyclic) bond motifs is 1. The van der Waals surface area contributed by atoms with Gasteiger partial charge in [-0.2, -0.15) is 11.8 Å². The summed E-state index contributed by atoms with van der Waals surface area (Å²) in [5, 5.41) is 32.1. The third-order valence-corrected chi connectivity index (χ3v) is 5.43. The van der Waals surface area contributed by atoms with E-state index in [-0.39, 0.29) is 36.0 Å². The molecule has 2 fully saturated rings. The van der Waals surface area contributed by atoms with Crippen LogP contribution in [-0.2, 0) is 4.79 Å². The van der Waals surface area contributed by atoms with Gasteiger partial charge in [0.2, 0.25) is 0 Å². The monoisotopic (exact) mass is 354 g/mol. The molecule has 0 aliphatic carbocycles. The average molecular weight is 354 g/mol. The molecule has 2 amide bonds. The van der Waals surface area contributed by atoms with Crippen molar-refractivity contribution in [2.45, 2.75) is 43.0 Å². The Kier molecular flexibility index (Phi) is 6.60. The molecule has 3 atom stereocenters. The number of carboxylic acid groups (broad SMARTS) is 1. The quantitative estimate of drug-likeness (QED) is 0.313. The Labute approximate surface area is 144 Å². The Bertz CT molecular complexity index is 545. The highest BCUT2D eigenvalue weighted by molar-refractivity contribution is 8.00. The van der Waals surface area contributed by atoms with Crippen molar-refractivity contribution in [1.29, 1.82) is 0 Å². The highest BCUT2D eigenvalue weighted by Gasteiger charge is 2.42. The summed E-state index contributed by atoms with van der Waals surface area (Å²) in [5.74, 6) is 0.575. The fourth-order valence-electron chi connectivity index (χ4n) is 2.72. The number of aliphatic carboxylic acids is 1. The SMILES string of the molecule is O=C(O)CCCC[C@@H]1SC[C@@H]2NC(=O)N[C@@H]21.Oc1ccc(O)cc1. The molecule has 1 aromatic carbocycles. The van der Waals surface area contributed by atoms with Crippen LogP contribution in [0, 0.1) is 0 Å². The molecule has 0 spiro atoms. The predicted molar refractivity (Wildman–Crippen MR) is 91.4 cm³/mol. The van der Waals surface area contributed by atoms with E-state index in [2.05, 4.69) is 10.6 Å². The van der Waals surface area contributed by atoms with Crippen LogP contribution in [0.3, 0.4) is 0 Å². The number of phenolic OH excluding ortho intramolecular Hbond substituents is 2. The zero-order chi connectivity index (χ0) is 17.5. The smallest absolute Gasteiger partial charge is 0.315 e. The van der Waals surface area contributed by atoms with Gasteiger partial charge in [-0.15, -0.1) is 0 Å². The highest BCUT2D eigenvalue weighted by Crippen LogP contribution is 2.33. The first-order chi connectivity index (χ1) is 11.5. The number of hydrogen-bond donors (Lipinski definition) is 5. The summed E-state index contributed by atoms with van der Waals surface area (Å²) in [4.78, 5) is 21.5. The number of amides is 2. The van der Waals surface area contributed by atoms with E-state index in [0.29, 0.717) is 5.25 Å². The van der Waals surface area contributed by atoms with E-state index < -0.39 is 5.97 Å². The Morgan fingerprint density at radius 3 is 2.33 bits per heavy atom. The van der Waals surface area contributed by atoms with Gasteiger partial charge >= 0.3 is 12.0 Å². The largest absolute Gasteiger partial charge is 0.508 e. The van der Waals surface area contributed by atoms with Gasteiger partial charge in [-0.05, 0) is 37.1 Å². The van der Waals surface area contributed by atoms with Crippen molar-refractivity contribution in [3.8, 4) is 11.5 Å². The normalized spacial score (nSPS) is 24.3. The van der Waals surface area contributed by atoms with Crippen LogP contribution in [0.25, 0.3) is 0 Å². The van der Waals surface area contributed by atoms with Crippen LogP contribution in [0.2, 0.25) is 0 Å². The van der Waals surface area contributed by atoms with E-state index in [1.165, 1.54) is 24.3 Å². The number of thioether (sulfide) groups is 1. The average Bonchev–Trinajstić information content (AvgIpc) is 3.07. The van der Waals surface area contributed by atoms with Gasteiger partial charge in [-0.3, -0.25) is 4.79 Å². The van der Waals surface area contributed by atoms with Gasteiger partial charge in [0.1, 0.15) is 11.5 Å². The molecule has 8 heteroatoms. The van der Waals surface area contributed by atoms with Crippen LogP contribution in [0.1, 0.15) is 25.7 Å². The fourth-order valence-corrected chi connectivity index (χ4v) is 4.26. The van der Waals surface area contributed by atoms with Gasteiger partial charge in [0.15, 0.2) is 0 Å². The summed E-state index contributed by atoms with van der Waals surface area (Å²) in [6.07, 6.45) is 2.88. The molecule has 3 rings (SSSR count). The lowest BCUT2D eigenvalue weighted by atomic mass is 10.0. The Hall–Kier alpha value is -2.09. The van der Waals surface area contributed by atoms with E-state index in [1.54, 1.807) is 0 Å². The first-order valence-corrected chi connectivity index (χ1v) is 8.89. The number of phenols is 2. The van der Waals surface area contributed by atoms with Gasteiger partial charge in [0, 0.05) is 17.4 Å². The molecule has 5 N–H and O–H groups in total. The van der Waals surface area contributed by atoms with Crippen molar-refractivity contribution in [1.82, 2.24) is 10.6 Å². The summed E-state index contributed by atoms with van der Waals surface area (Å²) in [5.41, 5.74) is 0. The summed E-state index contributed by atoms with van der Waals surface area (Å²) < 4.78 is 0. The van der Waals surface area contributed by atoms with Crippen LogP contribution in [-0.4, -0.2) is 50.4 Å². The van der Waals surface area contributed by atoms with E-state index in [4.69, 9.17) is 15.3 Å². The van der Waals surface area contributed by atoms with Crippen molar-refractivity contribution < 1.29 is 24.9 Å². The number of hydrogen-bond acceptors (Lipinski definition) is 5. The second kappa shape index (κ2) is 8.68. The number of nitrogens with one attached hydrogen (secondary N) is 2. The zero-order valence-corrected chi connectivity index (χ0v) is 14.0. The van der Waals surface area contributed by atoms with Gasteiger partial charge in [-0.25, -0.2) is 4.79 Å². The molecule has 2 aliphatic rings. The van der Waals surface area contributed by atoms with E-state index in [1.807, 2.05) is 11.8 Å². The lowest BCUT2D eigenvalue weighted by molar-refractivity contribution is -0.137. The van der Waals surface area contributed by atoms with Crippen LogP contribution < -0.4 is 10.6 Å². The first kappa shape index (κ1) is 18.3. The summed E-state index contributed by atoms with van der Waals surface area (Å²) in [6, 6.07) is 6.14. The molecule has 1 aromatic rings. The predicted octanol–water partition coefficient (Wildman–Crippen LogP) is 1.89. The second-order valence-electron chi connectivity index (χ2n) is 5.78. The molecule has 0 aromatic heterocycles. The topological polar surface area (TPSA) is 119 Å². The summed E-state index contributed by atoms with van der Waals surface area (Å²) >= 11 is 1.87. The third kappa shape index (κ3) is 5.52. The minimum atomic E-state index is -0.729. The fraction of sp³-hybridized carbons (Fsp3) is 0.500. The minimum absolute atomic E-state index is 0.0640. The molecule has 2 heterocycles. The molecule has 24 heavy (non-hydrogen) atoms. The zero-order valence-electron chi connectivity index (χ0n) is 13.1. The molecule has 7 nitrogen and oxygen atoms in total. The highest BCUT2D eigenvalue weighted by atomic mass is 32.2. The molecular formula is C16H22N2O5S. The summed E-state index contributed by atoms with van der Waals surface area (Å²) in [7, 11) is 0. The summed E-state index contributed by atoms with van der Waals surface area (Å²) in [6.45, 7) is 0.